The van der Waals surface area contributed by atoms with Gasteiger partial charge < -0.3 is 20.1 Å². The van der Waals surface area contributed by atoms with E-state index in [1.807, 2.05) is 19.6 Å². The van der Waals surface area contributed by atoms with Gasteiger partial charge in [-0.3, -0.25) is 14.4 Å². The Morgan fingerprint density at radius 3 is 2.31 bits per heavy atom. The zero-order valence-corrected chi connectivity index (χ0v) is 21.6. The highest BCUT2D eigenvalue weighted by Gasteiger charge is 2.45. The minimum absolute atomic E-state index is 0.0485. The summed E-state index contributed by atoms with van der Waals surface area (Å²) in [5.41, 5.74) is 1.02. The molecule has 192 valence electrons. The predicted molar refractivity (Wildman–Crippen MR) is 131 cm³/mol. The molecular weight excluding hydrogens is 488 g/mol. The number of carbonyl (C=O) groups excluding carboxylic acids is 2. The van der Waals surface area contributed by atoms with Crippen LogP contribution >= 0.6 is 0 Å². The summed E-state index contributed by atoms with van der Waals surface area (Å²) in [5.74, 6) is -4.05. The molecule has 2 amide bonds. The van der Waals surface area contributed by atoms with Gasteiger partial charge in [0.15, 0.2) is 0 Å². The SMILES string of the molecule is COc1ccc2c(n1)CCN(C(=O)[C@H]1C[C@@H](C(=O)O)C1)[C@H]2C(=O)Nc1cc(F)c([Si](C)(C)C)c(F)c1. The Balaban J connectivity index is 1.65. The van der Waals surface area contributed by atoms with E-state index in [1.54, 1.807) is 12.1 Å². The number of ether oxygens (including phenoxy) is 1. The lowest BCUT2D eigenvalue weighted by molar-refractivity contribution is -0.154. The van der Waals surface area contributed by atoms with Crippen LogP contribution < -0.4 is 15.2 Å². The Bertz CT molecular complexity index is 1200. The van der Waals surface area contributed by atoms with Crippen LogP contribution in [0, 0.1) is 23.5 Å². The van der Waals surface area contributed by atoms with Crippen LogP contribution in [0.4, 0.5) is 14.5 Å². The molecule has 0 bridgehead atoms. The van der Waals surface area contributed by atoms with E-state index in [0.717, 1.165) is 12.1 Å². The van der Waals surface area contributed by atoms with E-state index >= 15 is 0 Å². The average Bonchev–Trinajstić information content (AvgIpc) is 2.74. The normalized spacial score (nSPS) is 21.3. The van der Waals surface area contributed by atoms with Gasteiger partial charge in [-0.2, -0.15) is 0 Å². The van der Waals surface area contributed by atoms with E-state index < -0.39 is 49.5 Å². The highest BCUT2D eigenvalue weighted by molar-refractivity contribution is 6.88. The number of hydrogen-bond donors (Lipinski definition) is 2. The van der Waals surface area contributed by atoms with Gasteiger partial charge in [-0.1, -0.05) is 19.6 Å². The molecule has 1 aliphatic heterocycles. The maximum Gasteiger partial charge on any atom is 0.306 e. The summed E-state index contributed by atoms with van der Waals surface area (Å²) in [4.78, 5) is 43.8. The molecule has 36 heavy (non-hydrogen) atoms. The monoisotopic (exact) mass is 517 g/mol. The maximum absolute atomic E-state index is 14.8. The number of nitrogens with one attached hydrogen (secondary N) is 1. The average molecular weight is 518 g/mol. The van der Waals surface area contributed by atoms with Crippen molar-refractivity contribution >= 4 is 36.7 Å². The molecule has 1 saturated carbocycles. The van der Waals surface area contributed by atoms with Crippen molar-refractivity contribution in [2.75, 3.05) is 19.0 Å². The van der Waals surface area contributed by atoms with E-state index in [4.69, 9.17) is 4.74 Å². The first-order chi connectivity index (χ1) is 16.9. The third kappa shape index (κ3) is 4.84. The fraction of sp³-hybridized carbons (Fsp3) is 0.440. The van der Waals surface area contributed by atoms with Crippen LogP contribution in [-0.4, -0.2) is 54.5 Å². The number of carboxylic acids is 1. The Kier molecular flexibility index (Phi) is 6.87. The topological polar surface area (TPSA) is 109 Å². The van der Waals surface area contributed by atoms with Gasteiger partial charge in [0.1, 0.15) is 17.7 Å². The van der Waals surface area contributed by atoms with Gasteiger partial charge in [0.2, 0.25) is 11.8 Å². The number of rotatable bonds is 6. The summed E-state index contributed by atoms with van der Waals surface area (Å²) in [7, 11) is -0.829. The number of aromatic nitrogens is 1. The van der Waals surface area contributed by atoms with Crippen molar-refractivity contribution in [2.24, 2.45) is 11.8 Å². The summed E-state index contributed by atoms with van der Waals surface area (Å²) < 4.78 is 34.8. The van der Waals surface area contributed by atoms with Crippen LogP contribution in [0.2, 0.25) is 19.6 Å². The molecule has 8 nitrogen and oxygen atoms in total. The number of hydrogen-bond acceptors (Lipinski definition) is 5. The molecule has 1 aromatic carbocycles. The van der Waals surface area contributed by atoms with Crippen LogP contribution in [0.15, 0.2) is 24.3 Å². The van der Waals surface area contributed by atoms with Gasteiger partial charge in [-0.15, -0.1) is 0 Å². The van der Waals surface area contributed by atoms with E-state index in [9.17, 15) is 28.3 Å². The molecule has 2 aromatic rings. The van der Waals surface area contributed by atoms with Crippen LogP contribution in [0.3, 0.4) is 0 Å². The van der Waals surface area contributed by atoms with Crippen molar-refractivity contribution in [2.45, 2.75) is 44.9 Å². The van der Waals surface area contributed by atoms with E-state index in [-0.39, 0.29) is 36.2 Å². The van der Waals surface area contributed by atoms with Crippen molar-refractivity contribution in [1.82, 2.24) is 9.88 Å². The van der Waals surface area contributed by atoms with Gasteiger partial charge >= 0.3 is 5.97 Å². The van der Waals surface area contributed by atoms with Crippen LogP contribution in [-0.2, 0) is 20.8 Å². The highest BCUT2D eigenvalue weighted by Crippen LogP contribution is 2.39. The largest absolute Gasteiger partial charge is 0.481 e. The number of amides is 2. The number of nitrogens with zero attached hydrogens (tertiary/aromatic N) is 2. The molecule has 2 N–H and O–H groups in total. The minimum atomic E-state index is -2.30. The first-order valence-electron chi connectivity index (χ1n) is 11.8. The van der Waals surface area contributed by atoms with Crippen LogP contribution in [0.5, 0.6) is 5.88 Å². The number of carbonyl (C=O) groups is 3. The standard InChI is InChI=1S/C25H29F2N3O5Si/c1-35-20-6-5-16-19(29-20)7-8-30(24(32)13-9-14(10-13)25(33)34)21(16)23(31)28-15-11-17(26)22(18(27)12-15)36(2,3)4/h5-6,11-14,21H,7-10H2,1-4H3,(H,28,31)(H,33,34)/t13-,14+,21-/m1/s1. The summed E-state index contributed by atoms with van der Waals surface area (Å²) in [6.07, 6.45) is 0.800. The third-order valence-corrected chi connectivity index (χ3v) is 8.79. The molecule has 0 unspecified atom stereocenters. The van der Waals surface area contributed by atoms with Gasteiger partial charge in [-0.05, 0) is 31.0 Å². The van der Waals surface area contributed by atoms with Crippen molar-refractivity contribution in [3.63, 3.8) is 0 Å². The van der Waals surface area contributed by atoms with Crippen LogP contribution in [0.25, 0.3) is 0 Å². The molecule has 1 aliphatic carbocycles. The van der Waals surface area contributed by atoms with E-state index in [0.29, 0.717) is 23.6 Å². The maximum atomic E-state index is 14.8. The van der Waals surface area contributed by atoms with E-state index in [2.05, 4.69) is 10.3 Å². The van der Waals surface area contributed by atoms with Gasteiger partial charge in [0.25, 0.3) is 5.91 Å². The molecule has 1 fully saturated rings. The van der Waals surface area contributed by atoms with Gasteiger partial charge in [-0.25, -0.2) is 13.8 Å². The molecule has 1 atom stereocenters. The number of aliphatic carboxylic acids is 1. The summed E-state index contributed by atoms with van der Waals surface area (Å²) in [6, 6.07) is 4.34. The summed E-state index contributed by atoms with van der Waals surface area (Å²) >= 11 is 0. The summed E-state index contributed by atoms with van der Waals surface area (Å²) in [5, 5.41) is 11.8. The second kappa shape index (κ2) is 9.60. The smallest absolute Gasteiger partial charge is 0.306 e. The zero-order chi connectivity index (χ0) is 26.4. The second-order valence-corrected chi connectivity index (χ2v) is 15.3. The Hall–Kier alpha value is -3.34. The number of benzene rings is 1. The lowest BCUT2D eigenvalue weighted by Crippen LogP contribution is -2.50. The molecule has 4 rings (SSSR count). The molecule has 0 spiro atoms. The molecule has 2 heterocycles. The highest BCUT2D eigenvalue weighted by atomic mass is 28.3. The molecule has 0 saturated heterocycles. The quantitative estimate of drug-likeness (QED) is 0.570. The van der Waals surface area contributed by atoms with Gasteiger partial charge in [0, 0.05) is 41.4 Å². The number of anilines is 1. The van der Waals surface area contributed by atoms with Gasteiger partial charge in [0.05, 0.1) is 26.8 Å². The number of halogens is 2. The fourth-order valence-corrected chi connectivity index (χ4v) is 6.50. The molecule has 11 heteroatoms. The Labute approximate surface area is 208 Å². The number of methoxy groups -OCH3 is 1. The first-order valence-corrected chi connectivity index (χ1v) is 15.3. The number of pyridine rings is 1. The van der Waals surface area contributed by atoms with Crippen molar-refractivity contribution in [3.8, 4) is 5.88 Å². The molecular formula is C25H29F2N3O5Si. The van der Waals surface area contributed by atoms with Crippen molar-refractivity contribution < 1.29 is 33.0 Å². The summed E-state index contributed by atoms with van der Waals surface area (Å²) in [6.45, 7) is 5.67. The number of fused-ring (bicyclic) bond motifs is 1. The molecule has 2 aliphatic rings. The molecule has 0 radical (unpaired) electrons. The zero-order valence-electron chi connectivity index (χ0n) is 20.6. The lowest BCUT2D eigenvalue weighted by Gasteiger charge is -2.41. The third-order valence-electron chi connectivity index (χ3n) is 6.82. The Morgan fingerprint density at radius 2 is 1.75 bits per heavy atom. The van der Waals surface area contributed by atoms with Crippen LogP contribution in [0.1, 0.15) is 30.1 Å². The second-order valence-electron chi connectivity index (χ2n) is 10.3. The predicted octanol–water partition coefficient (Wildman–Crippen LogP) is 3.09. The minimum Gasteiger partial charge on any atom is -0.481 e. The lowest BCUT2D eigenvalue weighted by atomic mass is 9.73. The van der Waals surface area contributed by atoms with Crippen molar-refractivity contribution in [1.29, 1.82) is 0 Å². The van der Waals surface area contributed by atoms with Crippen molar-refractivity contribution in [3.05, 3.63) is 47.2 Å². The Morgan fingerprint density at radius 1 is 1.11 bits per heavy atom. The fourth-order valence-electron chi connectivity index (χ4n) is 4.93. The molecule has 1 aromatic heterocycles. The number of carboxylic acid groups (broad SMARTS) is 1. The van der Waals surface area contributed by atoms with E-state index in [1.165, 1.54) is 12.0 Å². The first kappa shape index (κ1) is 25.7.